The van der Waals surface area contributed by atoms with Gasteiger partial charge < -0.3 is 10.2 Å². The number of nitrogens with zero attached hydrogens (tertiary/aromatic N) is 1. The van der Waals surface area contributed by atoms with Crippen molar-refractivity contribution in [3.05, 3.63) is 29.8 Å². The van der Waals surface area contributed by atoms with E-state index in [-0.39, 0.29) is 31.2 Å². The predicted molar refractivity (Wildman–Crippen MR) is 71.9 cm³/mol. The zero-order valence-corrected chi connectivity index (χ0v) is 11.5. The van der Waals surface area contributed by atoms with Gasteiger partial charge in [0.15, 0.2) is 0 Å². The van der Waals surface area contributed by atoms with Gasteiger partial charge in [-0.3, -0.25) is 0 Å². The second-order valence-electron chi connectivity index (χ2n) is 3.68. The topological polar surface area (TPSA) is 77.8 Å². The molecule has 0 heterocycles. The maximum Gasteiger partial charge on any atom is 0.244 e. The molecule has 0 amide bonds. The summed E-state index contributed by atoms with van der Waals surface area (Å²) < 4.78 is 26.0. The van der Waals surface area contributed by atoms with Gasteiger partial charge in [0, 0.05) is 18.7 Å². The van der Waals surface area contributed by atoms with Crippen molar-refractivity contribution in [3.63, 3.8) is 0 Å². The lowest BCUT2D eigenvalue weighted by Crippen LogP contribution is -2.33. The Kier molecular flexibility index (Phi) is 5.99. The summed E-state index contributed by atoms with van der Waals surface area (Å²) in [4.78, 5) is 0.0891. The zero-order valence-electron chi connectivity index (χ0n) is 10.7. The Labute approximate surface area is 113 Å². The van der Waals surface area contributed by atoms with Crippen LogP contribution in [0.25, 0.3) is 0 Å². The minimum atomic E-state index is -3.69. The molecule has 0 aromatic heterocycles. The van der Waals surface area contributed by atoms with E-state index in [1.54, 1.807) is 25.1 Å². The Morgan fingerprint density at radius 2 is 1.95 bits per heavy atom. The van der Waals surface area contributed by atoms with Crippen molar-refractivity contribution < 1.29 is 18.6 Å². The normalized spacial score (nSPS) is 11.2. The van der Waals surface area contributed by atoms with Crippen LogP contribution >= 0.6 is 0 Å². The number of benzene rings is 1. The molecule has 6 heteroatoms. The lowest BCUT2D eigenvalue weighted by molar-refractivity contribution is 0.257. The minimum Gasteiger partial charge on any atom is -0.395 e. The van der Waals surface area contributed by atoms with Crippen molar-refractivity contribution in [3.8, 4) is 11.8 Å². The van der Waals surface area contributed by atoms with Crippen molar-refractivity contribution in [2.24, 2.45) is 0 Å². The summed E-state index contributed by atoms with van der Waals surface area (Å²) in [5.41, 5.74) is 0.341. The molecular formula is C13H17NO4S. The molecule has 5 nitrogen and oxygen atoms in total. The molecule has 0 bridgehead atoms. The van der Waals surface area contributed by atoms with Crippen LogP contribution in [0.4, 0.5) is 0 Å². The minimum absolute atomic E-state index is 0.0423. The summed E-state index contributed by atoms with van der Waals surface area (Å²) in [5.74, 6) is 5.06. The molecule has 19 heavy (non-hydrogen) atoms. The van der Waals surface area contributed by atoms with Gasteiger partial charge in [-0.2, -0.15) is 4.31 Å². The molecular weight excluding hydrogens is 266 g/mol. The summed E-state index contributed by atoms with van der Waals surface area (Å²) in [5, 5.41) is 17.6. The molecule has 1 aromatic rings. The fraction of sp³-hybridized carbons (Fsp3) is 0.385. The van der Waals surface area contributed by atoms with E-state index in [2.05, 4.69) is 11.8 Å². The van der Waals surface area contributed by atoms with Crippen LogP contribution in [0, 0.1) is 11.8 Å². The van der Waals surface area contributed by atoms with Crippen LogP contribution in [0.5, 0.6) is 0 Å². The highest BCUT2D eigenvalue weighted by Crippen LogP contribution is 2.19. The molecule has 0 aliphatic carbocycles. The lowest BCUT2D eigenvalue weighted by Gasteiger charge is -2.20. The van der Waals surface area contributed by atoms with Gasteiger partial charge in [0.25, 0.3) is 0 Å². The fourth-order valence-electron chi connectivity index (χ4n) is 1.63. The zero-order chi connectivity index (χ0) is 14.3. The van der Waals surface area contributed by atoms with E-state index in [0.29, 0.717) is 5.56 Å². The SMILES string of the molecule is CCN(CCO)S(=O)(=O)c1ccccc1C#CCO. The Hall–Kier alpha value is -1.39. The average Bonchev–Trinajstić information content (AvgIpc) is 2.42. The van der Waals surface area contributed by atoms with Gasteiger partial charge in [-0.15, -0.1) is 0 Å². The summed E-state index contributed by atoms with van der Waals surface area (Å²) in [6.07, 6.45) is 0. The molecule has 0 aliphatic heterocycles. The third kappa shape index (κ3) is 3.78. The van der Waals surface area contributed by atoms with Gasteiger partial charge in [-0.05, 0) is 12.1 Å². The second kappa shape index (κ2) is 7.26. The summed E-state index contributed by atoms with van der Waals surface area (Å²) >= 11 is 0. The molecule has 0 atom stereocenters. The molecule has 2 N–H and O–H groups in total. The van der Waals surface area contributed by atoms with Crippen molar-refractivity contribution in [2.45, 2.75) is 11.8 Å². The van der Waals surface area contributed by atoms with Crippen LogP contribution in [-0.2, 0) is 10.0 Å². The van der Waals surface area contributed by atoms with Crippen molar-refractivity contribution in [1.82, 2.24) is 4.31 Å². The highest BCUT2D eigenvalue weighted by molar-refractivity contribution is 7.89. The van der Waals surface area contributed by atoms with Gasteiger partial charge in [-0.1, -0.05) is 30.9 Å². The van der Waals surface area contributed by atoms with E-state index < -0.39 is 10.0 Å². The number of aliphatic hydroxyl groups excluding tert-OH is 2. The highest BCUT2D eigenvalue weighted by atomic mass is 32.2. The van der Waals surface area contributed by atoms with Gasteiger partial charge in [0.2, 0.25) is 10.0 Å². The smallest absolute Gasteiger partial charge is 0.244 e. The Morgan fingerprint density at radius 1 is 1.26 bits per heavy atom. The molecule has 1 aromatic carbocycles. The van der Waals surface area contributed by atoms with Crippen LogP contribution < -0.4 is 0 Å². The molecule has 1 rings (SSSR count). The average molecular weight is 283 g/mol. The maximum atomic E-state index is 12.4. The summed E-state index contributed by atoms with van der Waals surface area (Å²) in [7, 11) is -3.69. The Balaban J connectivity index is 3.28. The number of rotatable bonds is 5. The Morgan fingerprint density at radius 3 is 2.53 bits per heavy atom. The van der Waals surface area contributed by atoms with E-state index >= 15 is 0 Å². The van der Waals surface area contributed by atoms with Gasteiger partial charge in [0.1, 0.15) is 6.61 Å². The standard InChI is InChI=1S/C13H17NO4S/c1-2-14(9-11-16)19(17,18)13-8-4-3-6-12(13)7-5-10-15/h3-4,6,8,15-16H,2,9-11H2,1H3. The van der Waals surface area contributed by atoms with Crippen LogP contribution in [0.2, 0.25) is 0 Å². The van der Waals surface area contributed by atoms with Gasteiger partial charge >= 0.3 is 0 Å². The fourth-order valence-corrected chi connectivity index (χ4v) is 3.22. The van der Waals surface area contributed by atoms with Crippen molar-refractivity contribution in [2.75, 3.05) is 26.3 Å². The van der Waals surface area contributed by atoms with E-state index in [0.717, 1.165) is 0 Å². The Bertz CT molecular complexity index is 572. The first-order valence-electron chi connectivity index (χ1n) is 5.87. The van der Waals surface area contributed by atoms with E-state index in [1.165, 1.54) is 10.4 Å². The first-order chi connectivity index (χ1) is 9.07. The van der Waals surface area contributed by atoms with Crippen LogP contribution in [0.1, 0.15) is 12.5 Å². The molecule has 0 fully saturated rings. The van der Waals surface area contributed by atoms with Crippen LogP contribution in [-0.4, -0.2) is 49.2 Å². The first-order valence-corrected chi connectivity index (χ1v) is 7.31. The largest absolute Gasteiger partial charge is 0.395 e. The predicted octanol–water partition coefficient (Wildman–Crippen LogP) is 0.0333. The number of hydrogen-bond acceptors (Lipinski definition) is 4. The maximum absolute atomic E-state index is 12.4. The number of aliphatic hydroxyl groups is 2. The lowest BCUT2D eigenvalue weighted by atomic mass is 10.2. The third-order valence-corrected chi connectivity index (χ3v) is 4.54. The molecule has 0 unspecified atom stereocenters. The van der Waals surface area contributed by atoms with Gasteiger partial charge in [0.05, 0.1) is 11.5 Å². The van der Waals surface area contributed by atoms with E-state index in [4.69, 9.17) is 10.2 Å². The number of likely N-dealkylation sites (N-methyl/N-ethyl adjacent to an activating group) is 1. The first kappa shape index (κ1) is 15.7. The van der Waals surface area contributed by atoms with Crippen molar-refractivity contribution >= 4 is 10.0 Å². The molecule has 104 valence electrons. The summed E-state index contributed by atoms with van der Waals surface area (Å²) in [6.45, 7) is 1.44. The van der Waals surface area contributed by atoms with E-state index in [9.17, 15) is 8.42 Å². The van der Waals surface area contributed by atoms with E-state index in [1.807, 2.05) is 0 Å². The highest BCUT2D eigenvalue weighted by Gasteiger charge is 2.24. The van der Waals surface area contributed by atoms with Crippen LogP contribution in [0.3, 0.4) is 0 Å². The molecule has 0 aliphatic rings. The molecule has 0 saturated carbocycles. The quantitative estimate of drug-likeness (QED) is 0.748. The molecule has 0 saturated heterocycles. The van der Waals surface area contributed by atoms with Gasteiger partial charge in [-0.25, -0.2) is 8.42 Å². The third-order valence-electron chi connectivity index (χ3n) is 2.51. The number of hydrogen-bond donors (Lipinski definition) is 2. The monoisotopic (exact) mass is 283 g/mol. The number of sulfonamides is 1. The summed E-state index contributed by atoms with van der Waals surface area (Å²) in [6, 6.07) is 6.35. The second-order valence-corrected chi connectivity index (χ2v) is 5.58. The van der Waals surface area contributed by atoms with Crippen LogP contribution in [0.15, 0.2) is 29.2 Å². The van der Waals surface area contributed by atoms with Crippen molar-refractivity contribution in [1.29, 1.82) is 0 Å². The molecule has 0 radical (unpaired) electrons. The molecule has 0 spiro atoms.